The average molecular weight is 269 g/mol. The van der Waals surface area contributed by atoms with Crippen molar-refractivity contribution >= 4 is 11.6 Å². The molecule has 96 valence electrons. The van der Waals surface area contributed by atoms with Crippen LogP contribution in [-0.4, -0.2) is 9.55 Å². The van der Waals surface area contributed by atoms with Gasteiger partial charge in [-0.25, -0.2) is 9.37 Å². The predicted molar refractivity (Wildman–Crippen MR) is 68.4 cm³/mol. The molecule has 1 atom stereocenters. The van der Waals surface area contributed by atoms with Crippen LogP contribution in [0.15, 0.2) is 30.7 Å². The van der Waals surface area contributed by atoms with Gasteiger partial charge in [-0.2, -0.15) is 0 Å². The molecule has 0 spiro atoms. The van der Waals surface area contributed by atoms with Crippen LogP contribution in [0.5, 0.6) is 0 Å². The summed E-state index contributed by atoms with van der Waals surface area (Å²) in [5, 5.41) is 0.115. The van der Waals surface area contributed by atoms with Gasteiger partial charge in [-0.05, 0) is 18.1 Å². The van der Waals surface area contributed by atoms with E-state index in [1.807, 2.05) is 17.8 Å². The third kappa shape index (κ3) is 2.69. The minimum absolute atomic E-state index is 0.115. The zero-order chi connectivity index (χ0) is 13.1. The lowest BCUT2D eigenvalue weighted by molar-refractivity contribution is 0.520. The van der Waals surface area contributed by atoms with Crippen molar-refractivity contribution in [2.24, 2.45) is 12.9 Å². The van der Waals surface area contributed by atoms with Gasteiger partial charge in [-0.3, -0.25) is 11.3 Å². The van der Waals surface area contributed by atoms with Crippen molar-refractivity contribution in [1.29, 1.82) is 0 Å². The van der Waals surface area contributed by atoms with E-state index in [1.54, 1.807) is 18.5 Å². The van der Waals surface area contributed by atoms with Crippen molar-refractivity contribution in [2.45, 2.75) is 12.5 Å². The maximum Gasteiger partial charge on any atom is 0.145 e. The number of nitrogens with two attached hydrogens (primary N) is 1. The third-order valence-corrected chi connectivity index (χ3v) is 3.03. The summed E-state index contributed by atoms with van der Waals surface area (Å²) in [6.07, 6.45) is 3.90. The molecule has 0 amide bonds. The topological polar surface area (TPSA) is 55.9 Å². The molecule has 0 bridgehead atoms. The second kappa shape index (κ2) is 5.48. The number of hydrogen-bond donors (Lipinski definition) is 2. The molecule has 1 unspecified atom stereocenters. The van der Waals surface area contributed by atoms with E-state index in [0.717, 1.165) is 5.69 Å². The first kappa shape index (κ1) is 13.0. The second-order valence-corrected chi connectivity index (χ2v) is 4.51. The first-order valence-electron chi connectivity index (χ1n) is 5.48. The minimum atomic E-state index is -0.407. The van der Waals surface area contributed by atoms with E-state index in [1.165, 1.54) is 6.07 Å². The number of nitrogens with one attached hydrogen (secondary N) is 1. The van der Waals surface area contributed by atoms with Gasteiger partial charge in [-0.15, -0.1) is 0 Å². The van der Waals surface area contributed by atoms with Crippen molar-refractivity contribution in [3.8, 4) is 0 Å². The van der Waals surface area contributed by atoms with Gasteiger partial charge in [0.1, 0.15) is 5.82 Å². The van der Waals surface area contributed by atoms with Gasteiger partial charge in [0.25, 0.3) is 0 Å². The quantitative estimate of drug-likeness (QED) is 0.658. The van der Waals surface area contributed by atoms with Crippen LogP contribution in [0.2, 0.25) is 5.02 Å². The molecule has 1 aromatic carbocycles. The van der Waals surface area contributed by atoms with Crippen LogP contribution in [0.4, 0.5) is 4.39 Å². The average Bonchev–Trinajstić information content (AvgIpc) is 2.78. The number of hydrazine groups is 1. The van der Waals surface area contributed by atoms with Crippen molar-refractivity contribution in [1.82, 2.24) is 15.0 Å². The molecule has 1 heterocycles. The van der Waals surface area contributed by atoms with Crippen LogP contribution < -0.4 is 11.3 Å². The first-order chi connectivity index (χ1) is 8.61. The van der Waals surface area contributed by atoms with Crippen LogP contribution in [-0.2, 0) is 13.5 Å². The highest BCUT2D eigenvalue weighted by Crippen LogP contribution is 2.22. The van der Waals surface area contributed by atoms with E-state index in [9.17, 15) is 4.39 Å². The molecule has 0 fully saturated rings. The SMILES string of the molecule is Cn1cnc(C(Cc2cccc(Cl)c2F)NN)c1. The molecular formula is C12H14ClFN4. The van der Waals surface area contributed by atoms with Crippen LogP contribution in [0, 0.1) is 5.82 Å². The zero-order valence-corrected chi connectivity index (χ0v) is 10.7. The lowest BCUT2D eigenvalue weighted by Gasteiger charge is -2.14. The number of nitrogens with zero attached hydrogens (tertiary/aromatic N) is 2. The Morgan fingerprint density at radius 1 is 1.56 bits per heavy atom. The summed E-state index contributed by atoms with van der Waals surface area (Å²) in [5.74, 6) is 5.09. The Balaban J connectivity index is 2.23. The number of imidazole rings is 1. The highest BCUT2D eigenvalue weighted by Gasteiger charge is 2.16. The number of rotatable bonds is 4. The fourth-order valence-corrected chi connectivity index (χ4v) is 1.98. The fraction of sp³-hybridized carbons (Fsp3) is 0.250. The van der Waals surface area contributed by atoms with E-state index in [-0.39, 0.29) is 11.1 Å². The molecule has 3 N–H and O–H groups in total. The zero-order valence-electron chi connectivity index (χ0n) is 9.90. The van der Waals surface area contributed by atoms with E-state index in [4.69, 9.17) is 17.4 Å². The summed E-state index contributed by atoms with van der Waals surface area (Å²) in [6.45, 7) is 0. The largest absolute Gasteiger partial charge is 0.340 e. The molecule has 0 saturated carbocycles. The summed E-state index contributed by atoms with van der Waals surface area (Å²) in [6, 6.07) is 4.67. The third-order valence-electron chi connectivity index (χ3n) is 2.74. The van der Waals surface area contributed by atoms with E-state index in [0.29, 0.717) is 12.0 Å². The van der Waals surface area contributed by atoms with Gasteiger partial charge in [0, 0.05) is 13.2 Å². The molecule has 4 nitrogen and oxygen atoms in total. The van der Waals surface area contributed by atoms with Crippen molar-refractivity contribution in [2.75, 3.05) is 0 Å². The summed E-state index contributed by atoms with van der Waals surface area (Å²) in [5.41, 5.74) is 3.91. The summed E-state index contributed by atoms with van der Waals surface area (Å²) < 4.78 is 15.6. The Morgan fingerprint density at radius 3 is 2.94 bits per heavy atom. The maximum atomic E-state index is 13.8. The number of aromatic nitrogens is 2. The van der Waals surface area contributed by atoms with Crippen molar-refractivity contribution < 1.29 is 4.39 Å². The van der Waals surface area contributed by atoms with Gasteiger partial charge in [-0.1, -0.05) is 23.7 Å². The molecule has 6 heteroatoms. The maximum absolute atomic E-state index is 13.8. The Morgan fingerprint density at radius 2 is 2.33 bits per heavy atom. The van der Waals surface area contributed by atoms with Gasteiger partial charge < -0.3 is 4.57 Å². The Hall–Kier alpha value is -1.43. The lowest BCUT2D eigenvalue weighted by Crippen LogP contribution is -2.30. The summed E-state index contributed by atoms with van der Waals surface area (Å²) in [7, 11) is 1.87. The number of hydrogen-bond acceptors (Lipinski definition) is 3. The van der Waals surface area contributed by atoms with Gasteiger partial charge in [0.05, 0.1) is 23.1 Å². The Bertz CT molecular complexity index is 541. The molecule has 0 saturated heterocycles. The molecule has 0 radical (unpaired) electrons. The van der Waals surface area contributed by atoms with Crippen LogP contribution in [0.3, 0.4) is 0 Å². The molecule has 0 aliphatic heterocycles. The number of benzene rings is 1. The number of halogens is 2. The first-order valence-corrected chi connectivity index (χ1v) is 5.86. The normalized spacial score (nSPS) is 12.7. The van der Waals surface area contributed by atoms with Gasteiger partial charge >= 0.3 is 0 Å². The molecule has 2 rings (SSSR count). The fourth-order valence-electron chi connectivity index (χ4n) is 1.79. The highest BCUT2D eigenvalue weighted by atomic mass is 35.5. The smallest absolute Gasteiger partial charge is 0.145 e. The molecular weight excluding hydrogens is 255 g/mol. The molecule has 2 aromatic rings. The van der Waals surface area contributed by atoms with Gasteiger partial charge in [0.15, 0.2) is 0 Å². The van der Waals surface area contributed by atoms with Crippen molar-refractivity contribution in [3.05, 3.63) is 52.8 Å². The van der Waals surface area contributed by atoms with Crippen LogP contribution in [0.25, 0.3) is 0 Å². The van der Waals surface area contributed by atoms with E-state index >= 15 is 0 Å². The van der Waals surface area contributed by atoms with Crippen LogP contribution >= 0.6 is 11.6 Å². The summed E-state index contributed by atoms with van der Waals surface area (Å²) >= 11 is 5.74. The molecule has 0 aliphatic carbocycles. The molecule has 18 heavy (non-hydrogen) atoms. The second-order valence-electron chi connectivity index (χ2n) is 4.10. The summed E-state index contributed by atoms with van der Waals surface area (Å²) in [4.78, 5) is 4.20. The highest BCUT2D eigenvalue weighted by molar-refractivity contribution is 6.30. The Labute approximate surface area is 110 Å². The molecule has 0 aliphatic rings. The monoisotopic (exact) mass is 268 g/mol. The molecule has 1 aromatic heterocycles. The minimum Gasteiger partial charge on any atom is -0.340 e. The predicted octanol–water partition coefficient (Wildman–Crippen LogP) is 1.96. The van der Waals surface area contributed by atoms with E-state index < -0.39 is 5.82 Å². The Kier molecular flexibility index (Phi) is 3.96. The van der Waals surface area contributed by atoms with Gasteiger partial charge in [0.2, 0.25) is 0 Å². The lowest BCUT2D eigenvalue weighted by atomic mass is 10.0. The van der Waals surface area contributed by atoms with Crippen molar-refractivity contribution in [3.63, 3.8) is 0 Å². The van der Waals surface area contributed by atoms with Crippen LogP contribution in [0.1, 0.15) is 17.3 Å². The number of aryl methyl sites for hydroxylation is 1. The van der Waals surface area contributed by atoms with E-state index in [2.05, 4.69) is 10.4 Å². The standard InChI is InChI=1S/C12H14ClFN4/c1-18-6-11(16-7-18)10(17-15)5-8-3-2-4-9(13)12(8)14/h2-4,6-7,10,17H,5,15H2,1H3.